The molecule has 1 amide bonds. The molecular weight excluding hydrogens is 380 g/mol. The standard InChI is InChI=1S/C21H22N8O/c22-8-7-11-1-5-14(6-2-11)26-21-28-19-17(24-10-25-19)20(29-21)27-16-13-4-3-12(9-13)15(16)18(23)30/h1-6,10,12-13,15-17,19H,7,9H2,(H2,23,30)(H,24,25)(H2,26,27,28,29). The van der Waals surface area contributed by atoms with Gasteiger partial charge in [-0.15, -0.1) is 0 Å². The lowest BCUT2D eigenvalue weighted by molar-refractivity contribution is -0.122. The van der Waals surface area contributed by atoms with Crippen LogP contribution < -0.4 is 21.7 Å². The van der Waals surface area contributed by atoms with E-state index in [-0.39, 0.29) is 41.9 Å². The van der Waals surface area contributed by atoms with Gasteiger partial charge in [-0.1, -0.05) is 24.3 Å². The van der Waals surface area contributed by atoms with E-state index < -0.39 is 0 Å². The normalized spacial score (nSPS) is 34.1. The second-order valence-electron chi connectivity index (χ2n) is 7.98. The van der Waals surface area contributed by atoms with Crippen LogP contribution in [0.25, 0.3) is 0 Å². The van der Waals surface area contributed by atoms with Gasteiger partial charge < -0.3 is 21.7 Å². The quantitative estimate of drug-likeness (QED) is 0.544. The van der Waals surface area contributed by atoms with Crippen molar-refractivity contribution in [3.05, 3.63) is 42.0 Å². The number of amidine groups is 1. The van der Waals surface area contributed by atoms with E-state index in [1.807, 2.05) is 24.3 Å². The van der Waals surface area contributed by atoms with Crippen molar-refractivity contribution in [3.63, 3.8) is 0 Å². The molecule has 1 saturated carbocycles. The van der Waals surface area contributed by atoms with Crippen LogP contribution in [0.3, 0.4) is 0 Å². The Morgan fingerprint density at radius 2 is 2.10 bits per heavy atom. The fourth-order valence-electron chi connectivity index (χ4n) is 4.69. The number of anilines is 1. The number of allylic oxidation sites excluding steroid dienone is 1. The number of aliphatic imine (C=N–C) groups is 3. The average Bonchev–Trinajstić information content (AvgIpc) is 3.45. The maximum atomic E-state index is 12.1. The van der Waals surface area contributed by atoms with Crippen LogP contribution in [-0.4, -0.2) is 42.3 Å². The number of nitriles is 1. The Morgan fingerprint density at radius 1 is 1.30 bits per heavy atom. The number of hydrogen-bond donors (Lipinski definition) is 4. The van der Waals surface area contributed by atoms with E-state index in [1.54, 1.807) is 6.34 Å². The van der Waals surface area contributed by atoms with Crippen molar-refractivity contribution in [1.82, 2.24) is 10.6 Å². The Hall–Kier alpha value is -3.67. The Morgan fingerprint density at radius 3 is 2.87 bits per heavy atom. The topological polar surface area (TPSA) is 140 Å². The summed E-state index contributed by atoms with van der Waals surface area (Å²) in [5.41, 5.74) is 7.49. The smallest absolute Gasteiger partial charge is 0.223 e. The summed E-state index contributed by atoms with van der Waals surface area (Å²) in [7, 11) is 0. The molecule has 5 rings (SSSR count). The van der Waals surface area contributed by atoms with Crippen LogP contribution in [0.2, 0.25) is 0 Å². The number of carbonyl (C=O) groups excluding carboxylic acids is 1. The first-order chi connectivity index (χ1) is 14.6. The first-order valence-corrected chi connectivity index (χ1v) is 10.0. The molecule has 9 heteroatoms. The number of rotatable bonds is 4. The van der Waals surface area contributed by atoms with Crippen molar-refractivity contribution in [2.75, 3.05) is 5.32 Å². The highest BCUT2D eigenvalue weighted by atomic mass is 16.1. The van der Waals surface area contributed by atoms with Crippen molar-refractivity contribution in [2.45, 2.75) is 31.1 Å². The van der Waals surface area contributed by atoms with Gasteiger partial charge in [-0.3, -0.25) is 9.79 Å². The molecule has 30 heavy (non-hydrogen) atoms. The maximum absolute atomic E-state index is 12.1. The van der Waals surface area contributed by atoms with Gasteiger partial charge >= 0.3 is 0 Å². The largest absolute Gasteiger partial charge is 0.369 e. The zero-order valence-corrected chi connectivity index (χ0v) is 16.2. The van der Waals surface area contributed by atoms with E-state index in [1.165, 1.54) is 0 Å². The molecule has 9 nitrogen and oxygen atoms in total. The number of nitrogens with two attached hydrogens (primary N) is 1. The van der Waals surface area contributed by atoms with Gasteiger partial charge in [0.2, 0.25) is 11.9 Å². The summed E-state index contributed by atoms with van der Waals surface area (Å²) in [5, 5.41) is 18.5. The second kappa shape index (κ2) is 7.30. The van der Waals surface area contributed by atoms with Crippen LogP contribution in [0.4, 0.5) is 5.69 Å². The van der Waals surface area contributed by atoms with Gasteiger partial charge in [-0.25, -0.2) is 9.98 Å². The van der Waals surface area contributed by atoms with Gasteiger partial charge in [0.1, 0.15) is 11.9 Å². The molecule has 1 fully saturated rings. The highest BCUT2D eigenvalue weighted by molar-refractivity contribution is 6.10. The van der Waals surface area contributed by atoms with Crippen LogP contribution in [0.1, 0.15) is 12.0 Å². The predicted molar refractivity (Wildman–Crippen MR) is 114 cm³/mol. The Bertz CT molecular complexity index is 1020. The third-order valence-electron chi connectivity index (χ3n) is 6.12. The van der Waals surface area contributed by atoms with E-state index in [0.717, 1.165) is 17.7 Å². The molecule has 6 atom stereocenters. The molecule has 2 heterocycles. The molecule has 2 bridgehead atoms. The molecule has 4 aliphatic rings. The molecule has 5 N–H and O–H groups in total. The van der Waals surface area contributed by atoms with Gasteiger partial charge in [-0.05, 0) is 30.0 Å². The van der Waals surface area contributed by atoms with Crippen molar-refractivity contribution in [2.24, 2.45) is 38.5 Å². The number of carbonyl (C=O) groups is 1. The maximum Gasteiger partial charge on any atom is 0.223 e. The summed E-state index contributed by atoms with van der Waals surface area (Å²) in [5.74, 6) is 1.07. The van der Waals surface area contributed by atoms with Crippen molar-refractivity contribution < 1.29 is 4.79 Å². The third-order valence-corrected chi connectivity index (χ3v) is 6.12. The summed E-state index contributed by atoms with van der Waals surface area (Å²) in [6.45, 7) is 0. The number of guanidine groups is 1. The third kappa shape index (κ3) is 3.20. The highest BCUT2D eigenvalue weighted by Gasteiger charge is 2.48. The van der Waals surface area contributed by atoms with Gasteiger partial charge in [0, 0.05) is 11.6 Å². The molecule has 0 saturated heterocycles. The van der Waals surface area contributed by atoms with E-state index >= 15 is 0 Å². The van der Waals surface area contributed by atoms with Crippen LogP contribution >= 0.6 is 0 Å². The van der Waals surface area contributed by atoms with Gasteiger partial charge in [0.15, 0.2) is 6.17 Å². The Labute approximate surface area is 173 Å². The highest BCUT2D eigenvalue weighted by Crippen LogP contribution is 2.45. The van der Waals surface area contributed by atoms with Gasteiger partial charge in [0.05, 0.1) is 30.8 Å². The fraction of sp³-hybridized carbons (Fsp3) is 0.381. The number of amides is 1. The lowest BCUT2D eigenvalue weighted by Gasteiger charge is -2.29. The molecule has 0 radical (unpaired) electrons. The molecular formula is C21H22N8O. The first kappa shape index (κ1) is 18.4. The molecule has 0 aromatic heterocycles. The SMILES string of the molecule is N#CCc1ccc(NC2=NC3N=CNC3C(=NC3C4C=CC(C4)C3C(N)=O)N2)cc1. The van der Waals surface area contributed by atoms with E-state index in [2.05, 4.69) is 44.2 Å². The zero-order chi connectivity index (χ0) is 20.7. The monoisotopic (exact) mass is 402 g/mol. The van der Waals surface area contributed by atoms with Crippen LogP contribution in [-0.2, 0) is 11.2 Å². The molecule has 1 aromatic carbocycles. The van der Waals surface area contributed by atoms with Crippen molar-refractivity contribution in [1.29, 1.82) is 5.26 Å². The van der Waals surface area contributed by atoms with Crippen molar-refractivity contribution in [3.8, 4) is 6.07 Å². The lowest BCUT2D eigenvalue weighted by Crippen LogP contribution is -2.55. The van der Waals surface area contributed by atoms with Crippen LogP contribution in [0, 0.1) is 29.1 Å². The minimum absolute atomic E-state index is 0.173. The Balaban J connectivity index is 1.39. The molecule has 2 aliphatic carbocycles. The minimum Gasteiger partial charge on any atom is -0.369 e. The number of hydrogen-bond acceptors (Lipinski definition) is 7. The first-order valence-electron chi connectivity index (χ1n) is 10.0. The lowest BCUT2D eigenvalue weighted by atomic mass is 9.88. The summed E-state index contributed by atoms with van der Waals surface area (Å²) in [6, 6.07) is 9.39. The number of nitrogens with zero attached hydrogens (tertiary/aromatic N) is 4. The Kier molecular flexibility index (Phi) is 4.47. The van der Waals surface area contributed by atoms with Crippen molar-refractivity contribution >= 4 is 29.7 Å². The predicted octanol–water partition coefficient (Wildman–Crippen LogP) is 0.524. The number of primary amides is 1. The fourth-order valence-corrected chi connectivity index (χ4v) is 4.69. The van der Waals surface area contributed by atoms with E-state index in [4.69, 9.17) is 16.0 Å². The summed E-state index contributed by atoms with van der Waals surface area (Å²) < 4.78 is 0. The van der Waals surface area contributed by atoms with Crippen LogP contribution in [0.5, 0.6) is 0 Å². The summed E-state index contributed by atoms with van der Waals surface area (Å²) in [4.78, 5) is 26.0. The molecule has 6 unspecified atom stereocenters. The average molecular weight is 402 g/mol. The number of benzene rings is 1. The number of fused-ring (bicyclic) bond motifs is 3. The number of nitrogens with one attached hydrogen (secondary N) is 3. The molecule has 152 valence electrons. The van der Waals surface area contributed by atoms with E-state index in [0.29, 0.717) is 18.2 Å². The van der Waals surface area contributed by atoms with Crippen LogP contribution in [0.15, 0.2) is 51.4 Å². The second-order valence-corrected chi connectivity index (χ2v) is 7.98. The summed E-state index contributed by atoms with van der Waals surface area (Å²) in [6.07, 6.45) is 6.85. The minimum atomic E-state index is -0.327. The van der Waals surface area contributed by atoms with Gasteiger partial charge in [-0.2, -0.15) is 5.26 Å². The summed E-state index contributed by atoms with van der Waals surface area (Å²) >= 11 is 0. The molecule has 2 aliphatic heterocycles. The zero-order valence-electron chi connectivity index (χ0n) is 16.2. The molecule has 1 aromatic rings. The molecule has 0 spiro atoms. The van der Waals surface area contributed by atoms with Gasteiger partial charge in [0.25, 0.3) is 0 Å². The van der Waals surface area contributed by atoms with E-state index in [9.17, 15) is 4.79 Å².